The molecule has 2 aromatic carbocycles. The van der Waals surface area contributed by atoms with Crippen molar-refractivity contribution in [3.63, 3.8) is 0 Å². The zero-order chi connectivity index (χ0) is 18.1. The van der Waals surface area contributed by atoms with Crippen LogP contribution in [0, 0.1) is 5.92 Å². The molecular weight excluding hydrogens is 326 g/mol. The van der Waals surface area contributed by atoms with Crippen LogP contribution in [0.2, 0.25) is 0 Å². The molecule has 0 unspecified atom stereocenters. The molecule has 2 aromatic rings. The number of nitrogens with zero attached hydrogens (tertiary/aromatic N) is 1. The van der Waals surface area contributed by atoms with Crippen molar-refractivity contribution in [3.05, 3.63) is 48.0 Å². The summed E-state index contributed by atoms with van der Waals surface area (Å²) >= 11 is 0. The lowest BCUT2D eigenvalue weighted by molar-refractivity contribution is -0.123. The van der Waals surface area contributed by atoms with Gasteiger partial charge in [-0.25, -0.2) is 0 Å². The lowest BCUT2D eigenvalue weighted by atomic mass is 10.0. The van der Waals surface area contributed by atoms with Crippen LogP contribution in [0.4, 0.5) is 5.69 Å². The first-order chi connectivity index (χ1) is 12.6. The van der Waals surface area contributed by atoms with Crippen LogP contribution in [0.3, 0.4) is 0 Å². The maximum atomic E-state index is 12.5. The number of rotatable bonds is 5. The number of ether oxygens (including phenoxy) is 2. The monoisotopic (exact) mass is 351 g/mol. The van der Waals surface area contributed by atoms with Crippen LogP contribution < -0.4 is 9.64 Å². The first kappa shape index (κ1) is 17.1. The highest BCUT2D eigenvalue weighted by atomic mass is 16.5. The molecule has 1 amide bonds. The summed E-state index contributed by atoms with van der Waals surface area (Å²) in [5, 5.41) is 0. The van der Waals surface area contributed by atoms with Gasteiger partial charge in [0.15, 0.2) is 0 Å². The molecular formula is C22H25NO3. The van der Waals surface area contributed by atoms with E-state index in [0.717, 1.165) is 34.7 Å². The van der Waals surface area contributed by atoms with Gasteiger partial charge in [-0.3, -0.25) is 4.79 Å². The van der Waals surface area contributed by atoms with Crippen LogP contribution in [0.25, 0.3) is 11.1 Å². The van der Waals surface area contributed by atoms with Crippen LogP contribution in [-0.4, -0.2) is 25.2 Å². The summed E-state index contributed by atoms with van der Waals surface area (Å²) in [6.07, 6.45) is 2.57. The summed E-state index contributed by atoms with van der Waals surface area (Å²) in [4.78, 5) is 14.5. The van der Waals surface area contributed by atoms with E-state index in [4.69, 9.17) is 9.47 Å². The summed E-state index contributed by atoms with van der Waals surface area (Å²) in [5.74, 6) is 1.56. The highest BCUT2D eigenvalue weighted by molar-refractivity contribution is 5.96. The third-order valence-corrected chi connectivity index (χ3v) is 4.84. The maximum absolute atomic E-state index is 12.5. The molecule has 136 valence electrons. The molecule has 2 aliphatic rings. The number of benzene rings is 2. The van der Waals surface area contributed by atoms with Crippen molar-refractivity contribution in [3.8, 4) is 16.9 Å². The molecule has 1 fully saturated rings. The van der Waals surface area contributed by atoms with Gasteiger partial charge in [-0.05, 0) is 61.9 Å². The molecule has 1 heterocycles. The Labute approximate surface area is 154 Å². The van der Waals surface area contributed by atoms with Gasteiger partial charge in [-0.2, -0.15) is 0 Å². The van der Waals surface area contributed by atoms with Gasteiger partial charge in [0, 0.05) is 17.8 Å². The largest absolute Gasteiger partial charge is 0.491 e. The molecule has 4 heteroatoms. The molecule has 0 saturated heterocycles. The van der Waals surface area contributed by atoms with E-state index in [1.807, 2.05) is 30.9 Å². The van der Waals surface area contributed by atoms with Crippen molar-refractivity contribution in [1.82, 2.24) is 0 Å². The zero-order valence-corrected chi connectivity index (χ0v) is 15.4. The molecule has 1 saturated carbocycles. The van der Waals surface area contributed by atoms with Gasteiger partial charge < -0.3 is 14.4 Å². The van der Waals surface area contributed by atoms with E-state index in [1.54, 1.807) is 0 Å². The van der Waals surface area contributed by atoms with Crippen molar-refractivity contribution in [2.24, 2.45) is 5.92 Å². The molecule has 0 spiro atoms. The first-order valence-corrected chi connectivity index (χ1v) is 9.38. The highest BCUT2D eigenvalue weighted by Crippen LogP contribution is 2.36. The summed E-state index contributed by atoms with van der Waals surface area (Å²) in [7, 11) is 0. The van der Waals surface area contributed by atoms with Gasteiger partial charge in [0.1, 0.15) is 12.4 Å². The summed E-state index contributed by atoms with van der Waals surface area (Å²) in [5.41, 5.74) is 4.25. The second-order valence-corrected chi connectivity index (χ2v) is 7.48. The van der Waals surface area contributed by atoms with Gasteiger partial charge >= 0.3 is 0 Å². The number of hydrogen-bond donors (Lipinski definition) is 0. The Kier molecular flexibility index (Phi) is 4.68. The fourth-order valence-corrected chi connectivity index (χ4v) is 3.36. The summed E-state index contributed by atoms with van der Waals surface area (Å²) < 4.78 is 11.4. The van der Waals surface area contributed by atoms with E-state index >= 15 is 0 Å². The first-order valence-electron chi connectivity index (χ1n) is 9.38. The van der Waals surface area contributed by atoms with Gasteiger partial charge in [-0.1, -0.05) is 24.3 Å². The molecule has 0 atom stereocenters. The second-order valence-electron chi connectivity index (χ2n) is 7.48. The van der Waals surface area contributed by atoms with Crippen molar-refractivity contribution < 1.29 is 14.3 Å². The molecule has 0 N–H and O–H groups in total. The SMILES string of the molecule is CC(C)Oc1cccc(-c2ccc3c(c2)N(CC2CC2)C(=O)COC3)c1. The number of carbonyl (C=O) groups is 1. The topological polar surface area (TPSA) is 38.8 Å². The van der Waals surface area contributed by atoms with E-state index < -0.39 is 0 Å². The average Bonchev–Trinajstić information content (AvgIpc) is 3.44. The molecule has 0 aromatic heterocycles. The van der Waals surface area contributed by atoms with Crippen molar-refractivity contribution in [1.29, 1.82) is 0 Å². The van der Waals surface area contributed by atoms with Crippen LogP contribution in [0.15, 0.2) is 42.5 Å². The van der Waals surface area contributed by atoms with Gasteiger partial charge in [0.2, 0.25) is 0 Å². The van der Waals surface area contributed by atoms with Gasteiger partial charge in [0.05, 0.1) is 12.7 Å². The van der Waals surface area contributed by atoms with Crippen molar-refractivity contribution in [2.75, 3.05) is 18.1 Å². The van der Waals surface area contributed by atoms with Crippen molar-refractivity contribution >= 4 is 11.6 Å². The summed E-state index contributed by atoms with van der Waals surface area (Å²) in [6, 6.07) is 14.4. The minimum absolute atomic E-state index is 0.0599. The van der Waals surface area contributed by atoms with Gasteiger partial charge in [0.25, 0.3) is 5.91 Å². The van der Waals surface area contributed by atoms with E-state index in [1.165, 1.54) is 12.8 Å². The quantitative estimate of drug-likeness (QED) is 0.801. The minimum Gasteiger partial charge on any atom is -0.491 e. The Morgan fingerprint density at radius 2 is 1.92 bits per heavy atom. The van der Waals surface area contributed by atoms with Crippen molar-refractivity contribution in [2.45, 2.75) is 39.4 Å². The third-order valence-electron chi connectivity index (χ3n) is 4.84. The average molecular weight is 351 g/mol. The van der Waals surface area contributed by atoms with E-state index in [0.29, 0.717) is 12.5 Å². The minimum atomic E-state index is 0.0599. The normalized spacial score (nSPS) is 17.2. The molecule has 0 radical (unpaired) electrons. The molecule has 1 aliphatic carbocycles. The predicted octanol–water partition coefficient (Wildman–Crippen LogP) is 4.41. The van der Waals surface area contributed by atoms with Crippen LogP contribution in [-0.2, 0) is 16.1 Å². The van der Waals surface area contributed by atoms with Crippen LogP contribution >= 0.6 is 0 Å². The predicted molar refractivity (Wildman–Crippen MR) is 102 cm³/mol. The standard InChI is InChI=1S/C22H25NO3/c1-15(2)26-20-5-3-4-17(10-20)18-8-9-19-13-25-14-22(24)23(21(19)11-18)12-16-6-7-16/h3-5,8-11,15-16H,6-7,12-14H2,1-2H3. The molecule has 26 heavy (non-hydrogen) atoms. The smallest absolute Gasteiger partial charge is 0.253 e. The molecule has 4 rings (SSSR count). The zero-order valence-electron chi connectivity index (χ0n) is 15.4. The molecule has 0 bridgehead atoms. The maximum Gasteiger partial charge on any atom is 0.253 e. The number of hydrogen-bond acceptors (Lipinski definition) is 3. The fraction of sp³-hybridized carbons (Fsp3) is 0.409. The third kappa shape index (κ3) is 3.75. The summed E-state index contributed by atoms with van der Waals surface area (Å²) in [6.45, 7) is 5.50. The van der Waals surface area contributed by atoms with Crippen LogP contribution in [0.5, 0.6) is 5.75 Å². The molecule has 4 nitrogen and oxygen atoms in total. The Morgan fingerprint density at radius 1 is 1.12 bits per heavy atom. The number of fused-ring (bicyclic) bond motifs is 1. The van der Waals surface area contributed by atoms with E-state index in [9.17, 15) is 4.79 Å². The Bertz CT molecular complexity index is 811. The van der Waals surface area contributed by atoms with E-state index in [2.05, 4.69) is 30.3 Å². The van der Waals surface area contributed by atoms with Gasteiger partial charge in [-0.15, -0.1) is 0 Å². The second kappa shape index (κ2) is 7.12. The number of carbonyl (C=O) groups excluding carboxylic acids is 1. The van der Waals surface area contributed by atoms with E-state index in [-0.39, 0.29) is 18.6 Å². The lowest BCUT2D eigenvalue weighted by Crippen LogP contribution is -2.34. The van der Waals surface area contributed by atoms with Crippen LogP contribution in [0.1, 0.15) is 32.3 Å². The number of amides is 1. The number of anilines is 1. The Morgan fingerprint density at radius 3 is 2.69 bits per heavy atom. The Balaban J connectivity index is 1.70. The highest BCUT2D eigenvalue weighted by Gasteiger charge is 2.30. The molecule has 1 aliphatic heterocycles. The lowest BCUT2D eigenvalue weighted by Gasteiger charge is -2.23. The Hall–Kier alpha value is -2.33. The fourth-order valence-electron chi connectivity index (χ4n) is 3.36.